The number of piperazine rings is 1. The highest BCUT2D eigenvalue weighted by molar-refractivity contribution is 7.86. The largest absolute Gasteiger partial charge is 0.373 e. The van der Waals surface area contributed by atoms with Crippen LogP contribution in [0.15, 0.2) is 0 Å². The molecule has 0 aromatic heterocycles. The van der Waals surface area contributed by atoms with Crippen molar-refractivity contribution in [3.8, 4) is 0 Å². The number of nitrogens with zero attached hydrogens (tertiary/aromatic N) is 3. The summed E-state index contributed by atoms with van der Waals surface area (Å²) in [7, 11) is -3.51. The van der Waals surface area contributed by atoms with Crippen molar-refractivity contribution in [3.63, 3.8) is 0 Å². The maximum absolute atomic E-state index is 12.8. The number of carbonyl (C=O) groups excluding carboxylic acids is 1. The summed E-state index contributed by atoms with van der Waals surface area (Å²) in [6.07, 6.45) is -0.225. The van der Waals surface area contributed by atoms with Gasteiger partial charge in [0.2, 0.25) is 5.91 Å². The molecule has 0 bridgehead atoms. The van der Waals surface area contributed by atoms with Gasteiger partial charge in [-0.15, -0.1) is 12.4 Å². The summed E-state index contributed by atoms with van der Waals surface area (Å²) < 4.78 is 34.2. The summed E-state index contributed by atoms with van der Waals surface area (Å²) in [6, 6.07) is -0.212. The van der Waals surface area contributed by atoms with Gasteiger partial charge >= 0.3 is 0 Å². The highest BCUT2D eigenvalue weighted by Gasteiger charge is 2.37. The molecule has 2 rings (SSSR count). The van der Waals surface area contributed by atoms with Gasteiger partial charge in [0.1, 0.15) is 0 Å². The fourth-order valence-electron chi connectivity index (χ4n) is 3.13. The normalized spacial score (nSPS) is 28.9. The van der Waals surface area contributed by atoms with E-state index in [1.165, 1.54) is 8.61 Å². The second kappa shape index (κ2) is 8.96. The first-order chi connectivity index (χ1) is 11.1. The highest BCUT2D eigenvalue weighted by atomic mass is 35.5. The maximum atomic E-state index is 12.8. The van der Waals surface area contributed by atoms with Gasteiger partial charge in [-0.2, -0.15) is 17.0 Å². The van der Waals surface area contributed by atoms with E-state index < -0.39 is 10.2 Å². The van der Waals surface area contributed by atoms with Crippen LogP contribution in [0, 0.1) is 5.92 Å². The van der Waals surface area contributed by atoms with Crippen molar-refractivity contribution >= 4 is 28.5 Å². The van der Waals surface area contributed by atoms with Crippen molar-refractivity contribution in [3.05, 3.63) is 0 Å². The zero-order valence-electron chi connectivity index (χ0n) is 15.4. The predicted octanol–water partition coefficient (Wildman–Crippen LogP) is -0.110. The third-order valence-electron chi connectivity index (χ3n) is 4.77. The molecule has 1 amide bonds. The molecule has 0 spiro atoms. The summed E-state index contributed by atoms with van der Waals surface area (Å²) in [5, 5.41) is 0. The first-order valence-corrected chi connectivity index (χ1v) is 9.97. The van der Waals surface area contributed by atoms with Crippen LogP contribution in [0.2, 0.25) is 0 Å². The van der Waals surface area contributed by atoms with Gasteiger partial charge < -0.3 is 15.4 Å². The Kier molecular flexibility index (Phi) is 8.10. The lowest BCUT2D eigenvalue weighted by Gasteiger charge is -2.40. The van der Waals surface area contributed by atoms with E-state index in [0.29, 0.717) is 39.3 Å². The number of carbonyl (C=O) groups is 1. The van der Waals surface area contributed by atoms with Crippen molar-refractivity contribution in [2.24, 2.45) is 11.7 Å². The average Bonchev–Trinajstić information content (AvgIpc) is 2.52. The molecule has 2 N–H and O–H groups in total. The van der Waals surface area contributed by atoms with Gasteiger partial charge in [0.15, 0.2) is 0 Å². The second-order valence-electron chi connectivity index (χ2n) is 6.95. The summed E-state index contributed by atoms with van der Waals surface area (Å²) in [4.78, 5) is 14.0. The quantitative estimate of drug-likeness (QED) is 0.712. The molecule has 8 nitrogen and oxygen atoms in total. The first-order valence-electron chi connectivity index (χ1n) is 8.58. The zero-order chi connectivity index (χ0) is 18.1. The Labute approximate surface area is 157 Å². The van der Waals surface area contributed by atoms with Crippen LogP contribution in [-0.2, 0) is 19.7 Å². The molecule has 0 aromatic carbocycles. The molecule has 0 radical (unpaired) electrons. The second-order valence-corrected chi connectivity index (χ2v) is 8.88. The van der Waals surface area contributed by atoms with Crippen LogP contribution in [-0.4, -0.2) is 85.4 Å². The molecular formula is C15H31ClN4O4S. The predicted molar refractivity (Wildman–Crippen MR) is 98.7 cm³/mol. The van der Waals surface area contributed by atoms with E-state index >= 15 is 0 Å². The van der Waals surface area contributed by atoms with Crippen molar-refractivity contribution in [1.82, 2.24) is 13.5 Å². The fourth-order valence-corrected chi connectivity index (χ4v) is 4.88. The minimum absolute atomic E-state index is 0. The minimum Gasteiger partial charge on any atom is -0.373 e. The molecule has 2 aliphatic heterocycles. The number of rotatable bonds is 4. The van der Waals surface area contributed by atoms with Crippen LogP contribution in [0.3, 0.4) is 0 Å². The van der Waals surface area contributed by atoms with Gasteiger partial charge in [-0.1, -0.05) is 6.92 Å². The molecule has 0 aliphatic carbocycles. The molecule has 0 aromatic rings. The summed E-state index contributed by atoms with van der Waals surface area (Å²) in [5.74, 6) is -0.259. The van der Waals surface area contributed by atoms with Crippen LogP contribution in [0.1, 0.15) is 27.7 Å². The van der Waals surface area contributed by atoms with E-state index in [-0.39, 0.29) is 42.5 Å². The molecule has 4 unspecified atom stereocenters. The minimum atomic E-state index is -3.51. The average molecular weight is 399 g/mol. The molecule has 148 valence electrons. The van der Waals surface area contributed by atoms with Gasteiger partial charge in [-0.05, 0) is 20.8 Å². The zero-order valence-corrected chi connectivity index (χ0v) is 17.1. The highest BCUT2D eigenvalue weighted by Crippen LogP contribution is 2.19. The number of hydrogen-bond acceptors (Lipinski definition) is 5. The summed E-state index contributed by atoms with van der Waals surface area (Å²) in [5.41, 5.74) is 5.79. The summed E-state index contributed by atoms with van der Waals surface area (Å²) in [6.45, 7) is 9.57. The SMILES string of the molecule is CC1CN(S(=O)(=O)N2CCN(C(=O)C(C)C(C)N)CC2)CC(C)O1.Cl. The van der Waals surface area contributed by atoms with E-state index in [4.69, 9.17) is 10.5 Å². The van der Waals surface area contributed by atoms with E-state index in [1.807, 2.05) is 27.7 Å². The third-order valence-corrected chi connectivity index (χ3v) is 6.74. The maximum Gasteiger partial charge on any atom is 0.282 e. The number of hydrogen-bond donors (Lipinski definition) is 1. The molecule has 25 heavy (non-hydrogen) atoms. The third kappa shape index (κ3) is 5.27. The number of halogens is 1. The van der Waals surface area contributed by atoms with Gasteiger partial charge in [0.05, 0.1) is 18.1 Å². The number of ether oxygens (including phenoxy) is 1. The number of amides is 1. The lowest BCUT2D eigenvalue weighted by atomic mass is 10.0. The molecule has 2 fully saturated rings. The lowest BCUT2D eigenvalue weighted by Crippen LogP contribution is -2.58. The Hall–Kier alpha value is -0.450. The van der Waals surface area contributed by atoms with Crippen molar-refractivity contribution in [2.75, 3.05) is 39.3 Å². The Bertz CT molecular complexity index is 542. The van der Waals surface area contributed by atoms with Crippen LogP contribution in [0.5, 0.6) is 0 Å². The Morgan fingerprint density at radius 3 is 1.96 bits per heavy atom. The van der Waals surface area contributed by atoms with Crippen LogP contribution >= 0.6 is 12.4 Å². The first kappa shape index (κ1) is 22.6. The standard InChI is InChI=1S/C15H30N4O4S.ClH/c1-11-9-19(10-12(2)23-11)24(21,22)18-7-5-17(6-8-18)15(20)13(3)14(4)16;/h11-14H,5-10,16H2,1-4H3;1H. The number of nitrogens with two attached hydrogens (primary N) is 1. The Balaban J connectivity index is 0.00000312. The summed E-state index contributed by atoms with van der Waals surface area (Å²) >= 11 is 0. The molecule has 2 heterocycles. The number of morpholine rings is 1. The van der Waals surface area contributed by atoms with Crippen LogP contribution < -0.4 is 5.73 Å². The van der Waals surface area contributed by atoms with Crippen molar-refractivity contribution in [1.29, 1.82) is 0 Å². The molecule has 10 heteroatoms. The fraction of sp³-hybridized carbons (Fsp3) is 0.933. The van der Waals surface area contributed by atoms with Crippen molar-refractivity contribution in [2.45, 2.75) is 45.9 Å². The van der Waals surface area contributed by atoms with E-state index in [0.717, 1.165) is 0 Å². The van der Waals surface area contributed by atoms with E-state index in [1.54, 1.807) is 4.90 Å². The van der Waals surface area contributed by atoms with Gasteiger partial charge in [-0.25, -0.2) is 0 Å². The molecule has 2 saturated heterocycles. The van der Waals surface area contributed by atoms with Gasteiger partial charge in [0.25, 0.3) is 10.2 Å². The lowest BCUT2D eigenvalue weighted by molar-refractivity contribution is -0.136. The monoisotopic (exact) mass is 398 g/mol. The molecule has 0 saturated carbocycles. The van der Waals surface area contributed by atoms with E-state index in [2.05, 4.69) is 0 Å². The molecular weight excluding hydrogens is 368 g/mol. The Morgan fingerprint density at radius 1 is 1.04 bits per heavy atom. The van der Waals surface area contributed by atoms with Crippen LogP contribution in [0.4, 0.5) is 0 Å². The van der Waals surface area contributed by atoms with E-state index in [9.17, 15) is 13.2 Å². The topological polar surface area (TPSA) is 96.2 Å². The van der Waals surface area contributed by atoms with Crippen LogP contribution in [0.25, 0.3) is 0 Å². The smallest absolute Gasteiger partial charge is 0.282 e. The van der Waals surface area contributed by atoms with Gasteiger partial charge in [-0.3, -0.25) is 4.79 Å². The molecule has 4 atom stereocenters. The molecule has 2 aliphatic rings. The Morgan fingerprint density at radius 2 is 1.52 bits per heavy atom. The van der Waals surface area contributed by atoms with Crippen molar-refractivity contribution < 1.29 is 17.9 Å². The van der Waals surface area contributed by atoms with Gasteiger partial charge in [0, 0.05) is 45.3 Å².